The van der Waals surface area contributed by atoms with Gasteiger partial charge in [-0.15, -0.1) is 0 Å². The molecule has 0 radical (unpaired) electrons. The van der Waals surface area contributed by atoms with E-state index < -0.39 is 0 Å². The Bertz CT molecular complexity index is 1460. The molecule has 3 heterocycles. The highest BCUT2D eigenvalue weighted by Crippen LogP contribution is 2.51. The van der Waals surface area contributed by atoms with Crippen molar-refractivity contribution in [2.45, 2.75) is 25.3 Å². The summed E-state index contributed by atoms with van der Waals surface area (Å²) in [6, 6.07) is 16.1. The van der Waals surface area contributed by atoms with Crippen LogP contribution in [0.1, 0.15) is 35.7 Å². The van der Waals surface area contributed by atoms with Gasteiger partial charge in [-0.3, -0.25) is 5.10 Å². The maximum Gasteiger partial charge on any atom is 0.228 e. The number of rotatable bonds is 2. The molecule has 3 N–H and O–H groups in total. The Balaban J connectivity index is 1.31. The average Bonchev–Trinajstić information content (AvgIpc) is 3.40. The Morgan fingerprint density at radius 3 is 2.65 bits per heavy atom. The van der Waals surface area contributed by atoms with Crippen molar-refractivity contribution in [3.8, 4) is 17.3 Å². The van der Waals surface area contributed by atoms with Gasteiger partial charge >= 0.3 is 0 Å². The van der Waals surface area contributed by atoms with Crippen LogP contribution >= 0.6 is 23.2 Å². The molecule has 1 atom stereocenters. The molecule has 1 spiro atoms. The number of nitrogens with zero attached hydrogens (tertiary/aromatic N) is 5. The van der Waals surface area contributed by atoms with Crippen molar-refractivity contribution in [1.82, 2.24) is 20.2 Å². The summed E-state index contributed by atoms with van der Waals surface area (Å²) >= 11 is 12.6. The molecular weight excluding hydrogens is 469 g/mol. The fraction of sp³-hybridized carbons (Fsp3) is 0.280. The lowest BCUT2D eigenvalue weighted by molar-refractivity contribution is 0.187. The van der Waals surface area contributed by atoms with Crippen molar-refractivity contribution in [2.75, 3.05) is 18.0 Å². The summed E-state index contributed by atoms with van der Waals surface area (Å²) in [6.45, 7) is 1.55. The first kappa shape index (κ1) is 21.4. The van der Waals surface area contributed by atoms with Crippen LogP contribution in [0.15, 0.2) is 42.5 Å². The molecule has 0 amide bonds. The molecular formula is C25H21Cl2N7. The standard InChI is InChI=1S/C25H21Cl2N7/c26-17-7-3-6-16(20(17)27)21-19-18(13-28)30-24(31-23(19)33-32-21)34-10-8-25(9-11-34)12-14-4-1-2-5-15(14)22(25)29/h1-7,22H,8-12,29H2,(H,30,31,32,33)/t22-/m1/s1. The normalized spacial score (nSPS) is 18.9. The van der Waals surface area contributed by atoms with Crippen LogP contribution in [-0.2, 0) is 6.42 Å². The number of anilines is 1. The minimum absolute atomic E-state index is 0.0419. The number of nitriles is 1. The van der Waals surface area contributed by atoms with E-state index in [4.69, 9.17) is 33.9 Å². The summed E-state index contributed by atoms with van der Waals surface area (Å²) < 4.78 is 0. The largest absolute Gasteiger partial charge is 0.341 e. The number of H-pyrrole nitrogens is 1. The van der Waals surface area contributed by atoms with Gasteiger partial charge in [0.1, 0.15) is 6.07 Å². The summed E-state index contributed by atoms with van der Waals surface area (Å²) in [5.74, 6) is 0.512. The van der Waals surface area contributed by atoms with Crippen LogP contribution < -0.4 is 10.6 Å². The second-order valence-corrected chi connectivity index (χ2v) is 9.87. The van der Waals surface area contributed by atoms with Crippen LogP contribution in [0.3, 0.4) is 0 Å². The monoisotopic (exact) mass is 489 g/mol. The molecule has 4 aromatic rings. The van der Waals surface area contributed by atoms with Crippen molar-refractivity contribution < 1.29 is 0 Å². The predicted molar refractivity (Wildman–Crippen MR) is 133 cm³/mol. The lowest BCUT2D eigenvalue weighted by Gasteiger charge is -2.42. The van der Waals surface area contributed by atoms with Crippen LogP contribution in [0, 0.1) is 16.7 Å². The number of halogens is 2. The molecule has 170 valence electrons. The summed E-state index contributed by atoms with van der Waals surface area (Å²) in [6.07, 6.45) is 2.89. The maximum atomic E-state index is 9.90. The minimum atomic E-state index is 0.0419. The molecule has 2 aromatic carbocycles. The number of hydrogen-bond acceptors (Lipinski definition) is 6. The molecule has 7 nitrogen and oxygen atoms in total. The van der Waals surface area contributed by atoms with E-state index in [-0.39, 0.29) is 17.2 Å². The van der Waals surface area contributed by atoms with E-state index >= 15 is 0 Å². The van der Waals surface area contributed by atoms with E-state index in [2.05, 4.69) is 50.4 Å². The first-order valence-corrected chi connectivity index (χ1v) is 12.0. The van der Waals surface area contributed by atoms with E-state index in [1.807, 2.05) is 6.07 Å². The zero-order valence-electron chi connectivity index (χ0n) is 18.2. The third kappa shape index (κ3) is 3.17. The molecule has 0 bridgehead atoms. The topological polar surface area (TPSA) is 108 Å². The molecule has 9 heteroatoms. The van der Waals surface area contributed by atoms with Crippen molar-refractivity contribution in [3.63, 3.8) is 0 Å². The van der Waals surface area contributed by atoms with E-state index in [9.17, 15) is 5.26 Å². The predicted octanol–water partition coefficient (Wildman–Crippen LogP) is 5.04. The second-order valence-electron chi connectivity index (χ2n) is 9.09. The van der Waals surface area contributed by atoms with Crippen LogP contribution in [0.2, 0.25) is 10.0 Å². The lowest BCUT2D eigenvalue weighted by atomic mass is 9.73. The van der Waals surface area contributed by atoms with Crippen LogP contribution in [0.25, 0.3) is 22.3 Å². The first-order valence-electron chi connectivity index (χ1n) is 11.2. The van der Waals surface area contributed by atoms with Gasteiger partial charge in [-0.1, -0.05) is 59.6 Å². The van der Waals surface area contributed by atoms with Gasteiger partial charge in [-0.2, -0.15) is 15.3 Å². The Morgan fingerprint density at radius 2 is 1.88 bits per heavy atom. The number of aromatic amines is 1. The Hall–Kier alpha value is -3.18. The van der Waals surface area contributed by atoms with Crippen LogP contribution in [0.4, 0.5) is 5.95 Å². The summed E-state index contributed by atoms with van der Waals surface area (Å²) in [5, 5.41) is 18.6. The Labute approximate surface area is 206 Å². The third-order valence-corrected chi connectivity index (χ3v) is 8.18. The van der Waals surface area contributed by atoms with Crippen molar-refractivity contribution in [3.05, 3.63) is 69.3 Å². The molecule has 1 saturated heterocycles. The molecule has 1 fully saturated rings. The average molecular weight is 490 g/mol. The van der Waals surface area contributed by atoms with E-state index in [1.165, 1.54) is 11.1 Å². The highest BCUT2D eigenvalue weighted by Gasteiger charge is 2.46. The van der Waals surface area contributed by atoms with Gasteiger partial charge in [0.25, 0.3) is 0 Å². The summed E-state index contributed by atoms with van der Waals surface area (Å²) in [4.78, 5) is 11.4. The molecule has 34 heavy (non-hydrogen) atoms. The first-order chi connectivity index (χ1) is 16.5. The van der Waals surface area contributed by atoms with Crippen molar-refractivity contribution in [2.24, 2.45) is 11.1 Å². The van der Waals surface area contributed by atoms with Crippen molar-refractivity contribution in [1.29, 1.82) is 5.26 Å². The van der Waals surface area contributed by atoms with Gasteiger partial charge in [0, 0.05) is 24.7 Å². The fourth-order valence-electron chi connectivity index (χ4n) is 5.48. The number of fused-ring (bicyclic) bond motifs is 2. The van der Waals surface area contributed by atoms with Gasteiger partial charge in [-0.25, -0.2) is 4.98 Å². The number of nitrogens with one attached hydrogen (secondary N) is 1. The Morgan fingerprint density at radius 1 is 1.09 bits per heavy atom. The number of piperidine rings is 1. The number of hydrogen-bond donors (Lipinski definition) is 2. The minimum Gasteiger partial charge on any atom is -0.341 e. The molecule has 2 aliphatic rings. The molecule has 1 aliphatic carbocycles. The second kappa shape index (κ2) is 7.95. The highest BCUT2D eigenvalue weighted by molar-refractivity contribution is 6.43. The highest BCUT2D eigenvalue weighted by atomic mass is 35.5. The quantitative estimate of drug-likeness (QED) is 0.408. The van der Waals surface area contributed by atoms with Gasteiger partial charge in [0.05, 0.1) is 21.1 Å². The number of benzene rings is 2. The summed E-state index contributed by atoms with van der Waals surface area (Å²) in [7, 11) is 0. The van der Waals surface area contributed by atoms with Crippen LogP contribution in [0.5, 0.6) is 0 Å². The van der Waals surface area contributed by atoms with E-state index in [0.717, 1.165) is 32.4 Å². The van der Waals surface area contributed by atoms with Gasteiger partial charge in [0.2, 0.25) is 5.95 Å². The van der Waals surface area contributed by atoms with E-state index in [0.29, 0.717) is 38.3 Å². The molecule has 0 saturated carbocycles. The maximum absolute atomic E-state index is 9.90. The van der Waals surface area contributed by atoms with E-state index in [1.54, 1.807) is 12.1 Å². The lowest BCUT2D eigenvalue weighted by Crippen LogP contribution is -2.45. The smallest absolute Gasteiger partial charge is 0.228 e. The van der Waals surface area contributed by atoms with Gasteiger partial charge < -0.3 is 10.6 Å². The van der Waals surface area contributed by atoms with Gasteiger partial charge in [0.15, 0.2) is 11.3 Å². The van der Waals surface area contributed by atoms with Crippen LogP contribution in [-0.4, -0.2) is 33.3 Å². The molecule has 6 rings (SSSR count). The fourth-order valence-corrected chi connectivity index (χ4v) is 5.88. The van der Waals surface area contributed by atoms with Gasteiger partial charge in [-0.05, 0) is 41.9 Å². The zero-order chi connectivity index (χ0) is 23.4. The number of nitrogens with two attached hydrogens (primary N) is 1. The molecule has 1 aliphatic heterocycles. The molecule has 2 aromatic heterocycles. The van der Waals surface area contributed by atoms with Crippen molar-refractivity contribution >= 4 is 40.2 Å². The number of aromatic nitrogens is 4. The molecule has 0 unspecified atom stereocenters. The Kier molecular flexibility index (Phi) is 4.99. The zero-order valence-corrected chi connectivity index (χ0v) is 19.7. The summed E-state index contributed by atoms with van der Waals surface area (Å²) in [5.41, 5.74) is 11.3. The SMILES string of the molecule is N#Cc1nc(N2CCC3(CC2)Cc2ccccc2[C@H]3N)nc2n[nH]c(-c3cccc(Cl)c3Cl)c12. The third-order valence-electron chi connectivity index (χ3n) is 7.36.